The molecule has 2 aromatic carbocycles. The first-order valence-corrected chi connectivity index (χ1v) is 7.33. The minimum Gasteiger partial charge on any atom is -0.497 e. The van der Waals surface area contributed by atoms with Crippen LogP contribution >= 0.6 is 0 Å². The maximum absolute atomic E-state index is 11.7. The Bertz CT molecular complexity index is 764. The summed E-state index contributed by atoms with van der Waals surface area (Å²) in [5, 5.41) is 11.3. The molecule has 25 heavy (non-hydrogen) atoms. The molecule has 0 aliphatic heterocycles. The fraction of sp³-hybridized carbons (Fsp3) is 0.167. The van der Waals surface area contributed by atoms with E-state index in [-0.39, 0.29) is 6.61 Å². The maximum atomic E-state index is 11.7. The van der Waals surface area contributed by atoms with Gasteiger partial charge in [-0.1, -0.05) is 0 Å². The summed E-state index contributed by atoms with van der Waals surface area (Å²) in [5.41, 5.74) is 0.995. The van der Waals surface area contributed by atoms with E-state index in [4.69, 9.17) is 19.5 Å². The Hall–Kier alpha value is -3.53. The standard InChI is InChI=1S/C18H16N2O5/c1-23-15-6-8-16(9-7-15)24-12-18(22)25-11-17(21)20-14-4-2-13(10-19)3-5-14/h2-9H,11-12H2,1H3,(H,20,21). The SMILES string of the molecule is COc1ccc(OCC(=O)OCC(=O)Nc2ccc(C#N)cc2)cc1. The Morgan fingerprint density at radius 3 is 2.24 bits per heavy atom. The number of esters is 1. The van der Waals surface area contributed by atoms with Crippen LogP contribution in [0.1, 0.15) is 5.56 Å². The Morgan fingerprint density at radius 2 is 1.64 bits per heavy atom. The van der Waals surface area contributed by atoms with Crippen LogP contribution in [-0.4, -0.2) is 32.2 Å². The fourth-order valence-corrected chi connectivity index (χ4v) is 1.83. The van der Waals surface area contributed by atoms with Crippen LogP contribution in [0.3, 0.4) is 0 Å². The molecule has 0 aromatic heterocycles. The Kier molecular flexibility index (Phi) is 6.37. The van der Waals surface area contributed by atoms with Gasteiger partial charge in [0.1, 0.15) is 11.5 Å². The van der Waals surface area contributed by atoms with Crippen LogP contribution in [0.5, 0.6) is 11.5 Å². The molecule has 0 saturated heterocycles. The fourth-order valence-electron chi connectivity index (χ4n) is 1.83. The zero-order valence-corrected chi connectivity index (χ0v) is 13.5. The van der Waals surface area contributed by atoms with Crippen molar-refractivity contribution in [3.05, 3.63) is 54.1 Å². The van der Waals surface area contributed by atoms with Crippen molar-refractivity contribution >= 4 is 17.6 Å². The summed E-state index contributed by atoms with van der Waals surface area (Å²) in [6, 6.07) is 15.0. The lowest BCUT2D eigenvalue weighted by atomic mass is 10.2. The summed E-state index contributed by atoms with van der Waals surface area (Å²) in [6.07, 6.45) is 0. The summed E-state index contributed by atoms with van der Waals surface area (Å²) in [6.45, 7) is -0.735. The first kappa shape index (κ1) is 17.8. The molecule has 1 amide bonds. The molecule has 2 rings (SSSR count). The van der Waals surface area contributed by atoms with E-state index in [1.165, 1.54) is 0 Å². The number of anilines is 1. The molecule has 0 aliphatic carbocycles. The highest BCUT2D eigenvalue weighted by atomic mass is 16.6. The molecule has 0 bridgehead atoms. The molecule has 7 nitrogen and oxygen atoms in total. The van der Waals surface area contributed by atoms with Crippen LogP contribution in [0.2, 0.25) is 0 Å². The predicted octanol–water partition coefficient (Wildman–Crippen LogP) is 2.13. The molecular formula is C18H16N2O5. The van der Waals surface area contributed by atoms with Crippen molar-refractivity contribution in [1.29, 1.82) is 5.26 Å². The summed E-state index contributed by atoms with van der Waals surface area (Å²) in [5.74, 6) is 0.0162. The van der Waals surface area contributed by atoms with E-state index in [1.54, 1.807) is 55.6 Å². The van der Waals surface area contributed by atoms with E-state index in [2.05, 4.69) is 5.32 Å². The van der Waals surface area contributed by atoms with E-state index in [0.717, 1.165) is 0 Å². The third kappa shape index (κ3) is 5.88. The smallest absolute Gasteiger partial charge is 0.344 e. The molecule has 128 valence electrons. The summed E-state index contributed by atoms with van der Waals surface area (Å²) >= 11 is 0. The average Bonchev–Trinajstić information content (AvgIpc) is 2.65. The second-order valence-corrected chi connectivity index (χ2v) is 4.86. The van der Waals surface area contributed by atoms with Gasteiger partial charge >= 0.3 is 5.97 Å². The van der Waals surface area contributed by atoms with Gasteiger partial charge in [-0.25, -0.2) is 4.79 Å². The van der Waals surface area contributed by atoms with Gasteiger partial charge in [0.15, 0.2) is 13.2 Å². The Labute approximate surface area is 144 Å². The Balaban J connectivity index is 1.71. The molecule has 7 heteroatoms. The number of amides is 1. The lowest BCUT2D eigenvalue weighted by Gasteiger charge is -2.08. The van der Waals surface area contributed by atoms with Crippen LogP contribution in [0.15, 0.2) is 48.5 Å². The molecule has 2 aromatic rings. The monoisotopic (exact) mass is 340 g/mol. The average molecular weight is 340 g/mol. The number of benzene rings is 2. The van der Waals surface area contributed by atoms with Crippen molar-refractivity contribution in [2.45, 2.75) is 0 Å². The van der Waals surface area contributed by atoms with Gasteiger partial charge in [0.25, 0.3) is 5.91 Å². The molecule has 0 unspecified atom stereocenters. The summed E-state index contributed by atoms with van der Waals surface area (Å²) in [4.78, 5) is 23.3. The van der Waals surface area contributed by atoms with E-state index in [9.17, 15) is 9.59 Å². The first-order chi connectivity index (χ1) is 12.1. The molecule has 0 atom stereocenters. The van der Waals surface area contributed by atoms with E-state index < -0.39 is 18.5 Å². The summed E-state index contributed by atoms with van der Waals surface area (Å²) in [7, 11) is 1.55. The van der Waals surface area contributed by atoms with Crippen molar-refractivity contribution < 1.29 is 23.8 Å². The molecule has 0 spiro atoms. The molecule has 1 N–H and O–H groups in total. The zero-order chi connectivity index (χ0) is 18.1. The van der Waals surface area contributed by atoms with E-state index in [1.807, 2.05) is 6.07 Å². The normalized spacial score (nSPS) is 9.60. The molecule has 0 heterocycles. The first-order valence-electron chi connectivity index (χ1n) is 7.33. The largest absolute Gasteiger partial charge is 0.497 e. The van der Waals surface area contributed by atoms with Crippen molar-refractivity contribution in [2.24, 2.45) is 0 Å². The minimum absolute atomic E-state index is 0.309. The molecular weight excluding hydrogens is 324 g/mol. The minimum atomic E-state index is -0.661. The second kappa shape index (κ2) is 8.93. The van der Waals surface area contributed by atoms with Gasteiger partial charge in [-0.3, -0.25) is 4.79 Å². The van der Waals surface area contributed by atoms with Gasteiger partial charge in [0, 0.05) is 5.69 Å². The number of nitrogens with zero attached hydrogens (tertiary/aromatic N) is 1. The lowest BCUT2D eigenvalue weighted by Crippen LogP contribution is -2.23. The second-order valence-electron chi connectivity index (χ2n) is 4.86. The van der Waals surface area contributed by atoms with Crippen molar-refractivity contribution in [3.8, 4) is 17.6 Å². The maximum Gasteiger partial charge on any atom is 0.344 e. The van der Waals surface area contributed by atoms with Gasteiger partial charge in [0.2, 0.25) is 0 Å². The third-order valence-electron chi connectivity index (χ3n) is 3.08. The van der Waals surface area contributed by atoms with Crippen LogP contribution in [0, 0.1) is 11.3 Å². The number of rotatable bonds is 7. The van der Waals surface area contributed by atoms with Gasteiger partial charge in [-0.05, 0) is 48.5 Å². The van der Waals surface area contributed by atoms with E-state index in [0.29, 0.717) is 22.7 Å². The van der Waals surface area contributed by atoms with Crippen LogP contribution < -0.4 is 14.8 Å². The summed E-state index contributed by atoms with van der Waals surface area (Å²) < 4.78 is 15.1. The predicted molar refractivity (Wildman–Crippen MR) is 89.2 cm³/mol. The van der Waals surface area contributed by atoms with Crippen LogP contribution in [0.4, 0.5) is 5.69 Å². The van der Waals surface area contributed by atoms with Gasteiger partial charge in [0.05, 0.1) is 18.7 Å². The Morgan fingerprint density at radius 1 is 1.00 bits per heavy atom. The number of methoxy groups -OCH3 is 1. The van der Waals surface area contributed by atoms with Gasteiger partial charge < -0.3 is 19.5 Å². The lowest BCUT2D eigenvalue weighted by molar-refractivity contribution is -0.149. The van der Waals surface area contributed by atoms with Crippen LogP contribution in [-0.2, 0) is 14.3 Å². The van der Waals surface area contributed by atoms with E-state index >= 15 is 0 Å². The van der Waals surface area contributed by atoms with Gasteiger partial charge in [-0.2, -0.15) is 5.26 Å². The highest BCUT2D eigenvalue weighted by Crippen LogP contribution is 2.16. The third-order valence-corrected chi connectivity index (χ3v) is 3.08. The van der Waals surface area contributed by atoms with Crippen molar-refractivity contribution in [3.63, 3.8) is 0 Å². The zero-order valence-electron chi connectivity index (χ0n) is 13.5. The quantitative estimate of drug-likeness (QED) is 0.776. The van der Waals surface area contributed by atoms with Crippen molar-refractivity contribution in [1.82, 2.24) is 0 Å². The number of ether oxygens (including phenoxy) is 3. The molecule has 0 saturated carbocycles. The van der Waals surface area contributed by atoms with Gasteiger partial charge in [-0.15, -0.1) is 0 Å². The topological polar surface area (TPSA) is 97.7 Å². The molecule has 0 aliphatic rings. The van der Waals surface area contributed by atoms with Crippen molar-refractivity contribution in [2.75, 3.05) is 25.6 Å². The number of hydrogen-bond donors (Lipinski definition) is 1. The number of carbonyl (C=O) groups excluding carboxylic acids is 2. The number of carbonyl (C=O) groups is 2. The highest BCUT2D eigenvalue weighted by molar-refractivity contribution is 5.92. The number of nitrogens with one attached hydrogen (secondary N) is 1. The number of nitriles is 1. The highest BCUT2D eigenvalue weighted by Gasteiger charge is 2.09. The molecule has 0 fully saturated rings. The molecule has 0 radical (unpaired) electrons. The number of hydrogen-bond acceptors (Lipinski definition) is 6. The van der Waals surface area contributed by atoms with Crippen LogP contribution in [0.25, 0.3) is 0 Å².